The molecular weight excluding hydrogens is 208 g/mol. The molecule has 3 unspecified atom stereocenters. The largest absolute Gasteiger partial charge is 0.327 e. The molecule has 2 heteroatoms. The zero-order valence-corrected chi connectivity index (χ0v) is 11.9. The highest BCUT2D eigenvalue weighted by Crippen LogP contribution is 2.40. The molecule has 1 saturated heterocycles. The number of nitrogens with two attached hydrogens (primary N) is 1. The molecule has 0 radical (unpaired) electrons. The summed E-state index contributed by atoms with van der Waals surface area (Å²) in [5.41, 5.74) is 6.73. The van der Waals surface area contributed by atoms with Gasteiger partial charge in [0.1, 0.15) is 0 Å². The van der Waals surface area contributed by atoms with Gasteiger partial charge in [-0.25, -0.2) is 0 Å². The molecule has 100 valence electrons. The second-order valence-corrected chi connectivity index (χ2v) is 6.87. The Kier molecular flexibility index (Phi) is 4.14. The van der Waals surface area contributed by atoms with Crippen LogP contribution in [0, 0.1) is 11.3 Å². The van der Waals surface area contributed by atoms with Gasteiger partial charge in [-0.2, -0.15) is 0 Å². The van der Waals surface area contributed by atoms with Gasteiger partial charge < -0.3 is 5.73 Å². The van der Waals surface area contributed by atoms with E-state index in [-0.39, 0.29) is 0 Å². The molecule has 0 bridgehead atoms. The van der Waals surface area contributed by atoms with Crippen molar-refractivity contribution in [2.75, 3.05) is 13.1 Å². The van der Waals surface area contributed by atoms with Crippen LogP contribution in [0.4, 0.5) is 0 Å². The molecule has 0 aromatic rings. The van der Waals surface area contributed by atoms with Gasteiger partial charge in [0.05, 0.1) is 0 Å². The third-order valence-electron chi connectivity index (χ3n) is 5.24. The highest BCUT2D eigenvalue weighted by molar-refractivity contribution is 4.93. The average Bonchev–Trinajstić information content (AvgIpc) is 2.30. The first-order valence-corrected chi connectivity index (χ1v) is 7.54. The van der Waals surface area contributed by atoms with Crippen LogP contribution >= 0.6 is 0 Å². The fourth-order valence-electron chi connectivity index (χ4n) is 3.95. The summed E-state index contributed by atoms with van der Waals surface area (Å²) < 4.78 is 0. The molecule has 2 aliphatic rings. The summed E-state index contributed by atoms with van der Waals surface area (Å²) in [6.07, 6.45) is 8.09. The van der Waals surface area contributed by atoms with Crippen LogP contribution in [-0.4, -0.2) is 30.1 Å². The lowest BCUT2D eigenvalue weighted by atomic mass is 9.71. The van der Waals surface area contributed by atoms with Gasteiger partial charge in [-0.3, -0.25) is 4.90 Å². The van der Waals surface area contributed by atoms with Crippen LogP contribution in [0.1, 0.15) is 59.3 Å². The molecule has 1 aliphatic carbocycles. The maximum Gasteiger partial charge on any atom is 0.0146 e. The topological polar surface area (TPSA) is 29.3 Å². The van der Waals surface area contributed by atoms with Crippen molar-refractivity contribution in [3.05, 3.63) is 0 Å². The van der Waals surface area contributed by atoms with Crippen LogP contribution in [0.3, 0.4) is 0 Å². The van der Waals surface area contributed by atoms with Crippen LogP contribution in [0.5, 0.6) is 0 Å². The second-order valence-electron chi connectivity index (χ2n) is 6.87. The fraction of sp³-hybridized carbons (Fsp3) is 1.00. The van der Waals surface area contributed by atoms with Crippen LogP contribution < -0.4 is 5.73 Å². The highest BCUT2D eigenvalue weighted by Gasteiger charge is 2.38. The maximum atomic E-state index is 6.22. The van der Waals surface area contributed by atoms with Gasteiger partial charge in [0.25, 0.3) is 0 Å². The van der Waals surface area contributed by atoms with Gasteiger partial charge >= 0.3 is 0 Å². The fourth-order valence-corrected chi connectivity index (χ4v) is 3.95. The van der Waals surface area contributed by atoms with E-state index in [0.29, 0.717) is 11.5 Å². The predicted octanol–water partition coefficient (Wildman–Crippen LogP) is 3.01. The van der Waals surface area contributed by atoms with Gasteiger partial charge in [-0.15, -0.1) is 0 Å². The SMILES string of the molecule is CCC1CN(C2CCCCC2(C)C)CCC1N. The van der Waals surface area contributed by atoms with E-state index in [9.17, 15) is 0 Å². The Balaban J connectivity index is 2.01. The normalized spacial score (nSPS) is 39.2. The average molecular weight is 238 g/mol. The number of nitrogens with zero attached hydrogens (tertiary/aromatic N) is 1. The van der Waals surface area contributed by atoms with E-state index < -0.39 is 0 Å². The van der Waals surface area contributed by atoms with Gasteiger partial charge in [-0.05, 0) is 37.1 Å². The number of piperidine rings is 1. The van der Waals surface area contributed by atoms with Gasteiger partial charge in [0.2, 0.25) is 0 Å². The van der Waals surface area contributed by atoms with Crippen molar-refractivity contribution in [2.45, 2.75) is 71.4 Å². The smallest absolute Gasteiger partial charge is 0.0146 e. The number of likely N-dealkylation sites (tertiary alicyclic amines) is 1. The molecule has 3 atom stereocenters. The van der Waals surface area contributed by atoms with E-state index in [4.69, 9.17) is 5.73 Å². The molecule has 1 aliphatic heterocycles. The number of hydrogen-bond donors (Lipinski definition) is 1. The first-order valence-electron chi connectivity index (χ1n) is 7.54. The Morgan fingerprint density at radius 3 is 2.65 bits per heavy atom. The maximum absolute atomic E-state index is 6.22. The summed E-state index contributed by atoms with van der Waals surface area (Å²) in [4.78, 5) is 2.76. The van der Waals surface area contributed by atoms with Gasteiger partial charge in [0, 0.05) is 18.6 Å². The quantitative estimate of drug-likeness (QED) is 0.801. The lowest BCUT2D eigenvalue weighted by Gasteiger charge is -2.49. The van der Waals surface area contributed by atoms with Crippen molar-refractivity contribution < 1.29 is 0 Å². The van der Waals surface area contributed by atoms with Crippen molar-refractivity contribution in [2.24, 2.45) is 17.1 Å². The van der Waals surface area contributed by atoms with Crippen molar-refractivity contribution in [3.63, 3.8) is 0 Å². The summed E-state index contributed by atoms with van der Waals surface area (Å²) in [5.74, 6) is 0.724. The summed E-state index contributed by atoms with van der Waals surface area (Å²) in [5, 5.41) is 0. The molecular formula is C15H30N2. The number of hydrogen-bond acceptors (Lipinski definition) is 2. The van der Waals surface area contributed by atoms with E-state index in [0.717, 1.165) is 12.0 Å². The molecule has 0 spiro atoms. The third kappa shape index (κ3) is 2.85. The van der Waals surface area contributed by atoms with E-state index in [2.05, 4.69) is 25.7 Å². The summed E-state index contributed by atoms with van der Waals surface area (Å²) >= 11 is 0. The lowest BCUT2D eigenvalue weighted by Crippen LogP contribution is -2.55. The van der Waals surface area contributed by atoms with Crippen LogP contribution in [0.25, 0.3) is 0 Å². The summed E-state index contributed by atoms with van der Waals surface area (Å²) in [6, 6.07) is 1.25. The second kappa shape index (κ2) is 5.27. The molecule has 1 heterocycles. The monoisotopic (exact) mass is 238 g/mol. The Bertz CT molecular complexity index is 249. The first kappa shape index (κ1) is 13.4. The minimum Gasteiger partial charge on any atom is -0.327 e. The standard InChI is InChI=1S/C15H30N2/c1-4-12-11-17(10-8-13(12)16)14-7-5-6-9-15(14,2)3/h12-14H,4-11,16H2,1-3H3. The molecule has 2 fully saturated rings. The van der Waals surface area contributed by atoms with E-state index in [1.165, 1.54) is 51.6 Å². The minimum atomic E-state index is 0.447. The van der Waals surface area contributed by atoms with Gasteiger partial charge in [0.15, 0.2) is 0 Å². The lowest BCUT2D eigenvalue weighted by molar-refractivity contribution is 0.0138. The van der Waals surface area contributed by atoms with Crippen molar-refractivity contribution in [1.82, 2.24) is 4.90 Å². The van der Waals surface area contributed by atoms with Crippen molar-refractivity contribution in [3.8, 4) is 0 Å². The van der Waals surface area contributed by atoms with E-state index in [1.54, 1.807) is 0 Å². The Hall–Kier alpha value is -0.0800. The number of rotatable bonds is 2. The van der Waals surface area contributed by atoms with Crippen molar-refractivity contribution >= 4 is 0 Å². The highest BCUT2D eigenvalue weighted by atomic mass is 15.2. The van der Waals surface area contributed by atoms with Crippen LogP contribution in [-0.2, 0) is 0 Å². The Morgan fingerprint density at radius 2 is 2.00 bits per heavy atom. The van der Waals surface area contributed by atoms with Crippen molar-refractivity contribution in [1.29, 1.82) is 0 Å². The predicted molar refractivity (Wildman–Crippen MR) is 74.0 cm³/mol. The molecule has 0 aromatic heterocycles. The third-order valence-corrected chi connectivity index (χ3v) is 5.24. The Morgan fingerprint density at radius 1 is 1.24 bits per heavy atom. The molecule has 2 nitrogen and oxygen atoms in total. The Labute approximate surface area is 107 Å². The summed E-state index contributed by atoms with van der Waals surface area (Å²) in [7, 11) is 0. The van der Waals surface area contributed by atoms with E-state index >= 15 is 0 Å². The van der Waals surface area contributed by atoms with E-state index in [1.807, 2.05) is 0 Å². The zero-order chi connectivity index (χ0) is 12.5. The first-order chi connectivity index (χ1) is 8.04. The molecule has 2 N–H and O–H groups in total. The van der Waals surface area contributed by atoms with Crippen LogP contribution in [0.2, 0.25) is 0 Å². The van der Waals surface area contributed by atoms with Crippen LogP contribution in [0.15, 0.2) is 0 Å². The zero-order valence-electron chi connectivity index (χ0n) is 11.9. The van der Waals surface area contributed by atoms with Gasteiger partial charge in [-0.1, -0.05) is 40.0 Å². The molecule has 17 heavy (non-hydrogen) atoms. The molecule has 1 saturated carbocycles. The minimum absolute atomic E-state index is 0.447. The molecule has 0 amide bonds. The molecule has 0 aromatic carbocycles. The molecule has 2 rings (SSSR count). The summed E-state index contributed by atoms with van der Waals surface area (Å²) in [6.45, 7) is 9.69.